The fourth-order valence-corrected chi connectivity index (χ4v) is 2.05. The Hall–Kier alpha value is 1.12. The molecular weight excluding hydrogens is 191 g/mol. The summed E-state index contributed by atoms with van der Waals surface area (Å²) in [7, 11) is 0. The first-order chi connectivity index (χ1) is 5.41. The molecule has 0 aliphatic heterocycles. The van der Waals surface area contributed by atoms with Crippen molar-refractivity contribution in [3.05, 3.63) is 0 Å². The van der Waals surface area contributed by atoms with E-state index in [0.29, 0.717) is 0 Å². The summed E-state index contributed by atoms with van der Waals surface area (Å²) in [4.78, 5) is 0. The van der Waals surface area contributed by atoms with Crippen LogP contribution in [0.5, 0.6) is 0 Å². The molecule has 0 atom stereocenters. The van der Waals surface area contributed by atoms with Crippen molar-refractivity contribution in [1.29, 1.82) is 0 Å². The monoisotopic (exact) mass is 213 g/mol. The van der Waals surface area contributed by atoms with Gasteiger partial charge >= 0.3 is 96.8 Å². The summed E-state index contributed by atoms with van der Waals surface area (Å²) in [5.41, 5.74) is 0. The van der Waals surface area contributed by atoms with E-state index < -0.39 is 0 Å². The first-order valence-corrected chi connectivity index (χ1v) is 6.17. The van der Waals surface area contributed by atoms with Crippen LogP contribution >= 0.6 is 0 Å². The van der Waals surface area contributed by atoms with Crippen LogP contribution in [0.25, 0.3) is 0 Å². The van der Waals surface area contributed by atoms with Crippen molar-refractivity contribution in [2.75, 3.05) is 0 Å². The summed E-state index contributed by atoms with van der Waals surface area (Å²) < 4.78 is 0. The summed E-state index contributed by atoms with van der Waals surface area (Å²) in [5, 5.41) is 2.75. The first-order valence-electron chi connectivity index (χ1n) is 4.84. The Bertz CT molecular complexity index is 58.9. The molecule has 0 fully saturated rings. The van der Waals surface area contributed by atoms with Gasteiger partial charge in [-0.25, -0.2) is 0 Å². The van der Waals surface area contributed by atoms with E-state index in [0.717, 1.165) is 0 Å². The Morgan fingerprint density at radius 3 is 1.50 bits per heavy atom. The molecule has 0 rings (SSSR count). The molecule has 0 heterocycles. The first kappa shape index (κ1) is 15.6. The van der Waals surface area contributed by atoms with E-state index in [2.05, 4.69) is 28.8 Å². The summed E-state index contributed by atoms with van der Waals surface area (Å²) in [6.45, 7) is 4.53. The van der Waals surface area contributed by atoms with E-state index in [-0.39, 0.29) is 18.9 Å². The van der Waals surface area contributed by atoms with Crippen LogP contribution in [-0.4, -0.2) is 18.9 Å². The molecule has 0 aliphatic carbocycles. The molecule has 0 spiro atoms. The van der Waals surface area contributed by atoms with E-state index in [1.54, 1.807) is 0 Å². The third kappa shape index (κ3) is 13.7. The Kier molecular flexibility index (Phi) is 19.0. The van der Waals surface area contributed by atoms with Crippen molar-refractivity contribution in [2.45, 2.75) is 63.0 Å². The molecule has 12 heavy (non-hydrogen) atoms. The Labute approximate surface area is 96.6 Å². The predicted octanol–water partition coefficient (Wildman–Crippen LogP) is 3.64. The van der Waals surface area contributed by atoms with Gasteiger partial charge in [-0.2, -0.15) is 0 Å². The van der Waals surface area contributed by atoms with Crippen LogP contribution in [0.15, 0.2) is 0 Å². The van der Waals surface area contributed by atoms with Crippen LogP contribution in [-0.2, 0) is 15.0 Å². The quantitative estimate of drug-likeness (QED) is 0.427. The Morgan fingerprint density at radius 1 is 0.750 bits per heavy atom. The van der Waals surface area contributed by atoms with E-state index in [1.165, 1.54) is 49.2 Å². The van der Waals surface area contributed by atoms with Crippen LogP contribution < -0.4 is 0 Å². The van der Waals surface area contributed by atoms with Crippen LogP contribution in [0.2, 0.25) is 10.6 Å². The standard InChI is InChI=1S/2C5H11.Cu.Li.H/c2*1-3-5-4-2;;;/h2*1,3-5H2,2H3;;;. The normalized spacial score (nSPS) is 9.83. The van der Waals surface area contributed by atoms with Gasteiger partial charge < -0.3 is 0 Å². The molecule has 0 saturated carbocycles. The molecule has 0 aromatic carbocycles. The van der Waals surface area contributed by atoms with Gasteiger partial charge in [-0.1, -0.05) is 0 Å². The molecule has 0 aromatic rings. The SMILES string of the molecule is CCCC[CH2][Cu][CH2]CCCC.[LiH]. The van der Waals surface area contributed by atoms with Crippen LogP contribution in [0.1, 0.15) is 52.4 Å². The van der Waals surface area contributed by atoms with E-state index >= 15 is 0 Å². The molecular formula is C10H23CuLi. The minimum absolute atomic E-state index is 0. The van der Waals surface area contributed by atoms with Gasteiger partial charge in [0.1, 0.15) is 0 Å². The van der Waals surface area contributed by atoms with Crippen LogP contribution in [0.3, 0.4) is 0 Å². The molecule has 0 bridgehead atoms. The Morgan fingerprint density at radius 2 is 1.17 bits per heavy atom. The molecule has 0 nitrogen and oxygen atoms in total. The second-order valence-electron chi connectivity index (χ2n) is 2.87. The topological polar surface area (TPSA) is 0 Å². The average molecular weight is 214 g/mol. The van der Waals surface area contributed by atoms with Gasteiger partial charge in [0.15, 0.2) is 0 Å². The zero-order valence-corrected chi connectivity index (χ0v) is 8.90. The van der Waals surface area contributed by atoms with Gasteiger partial charge in [0.2, 0.25) is 0 Å². The predicted molar refractivity (Wildman–Crippen MR) is 55.8 cm³/mol. The number of unbranched alkanes of at least 4 members (excludes halogenated alkanes) is 4. The third-order valence-electron chi connectivity index (χ3n) is 1.63. The molecule has 0 N–H and O–H groups in total. The van der Waals surface area contributed by atoms with Gasteiger partial charge in [-0.05, 0) is 0 Å². The maximum absolute atomic E-state index is 2.26. The van der Waals surface area contributed by atoms with E-state index in [4.69, 9.17) is 0 Å². The average Bonchev–Trinajstić information content (AvgIpc) is 2.03. The molecule has 0 aromatic heterocycles. The van der Waals surface area contributed by atoms with Gasteiger partial charge in [-0.15, -0.1) is 0 Å². The second-order valence-corrected chi connectivity index (χ2v) is 4.28. The third-order valence-corrected chi connectivity index (χ3v) is 2.97. The van der Waals surface area contributed by atoms with Crippen molar-refractivity contribution in [3.63, 3.8) is 0 Å². The molecule has 0 saturated heterocycles. The van der Waals surface area contributed by atoms with Crippen LogP contribution in [0.4, 0.5) is 0 Å². The minimum atomic E-state index is 0. The molecule has 0 aliphatic rings. The Balaban J connectivity index is 0. The van der Waals surface area contributed by atoms with Gasteiger partial charge in [0.05, 0.1) is 0 Å². The molecule has 0 radical (unpaired) electrons. The molecule has 2 heteroatoms. The second kappa shape index (κ2) is 14.6. The summed E-state index contributed by atoms with van der Waals surface area (Å²) in [5.74, 6) is 0. The summed E-state index contributed by atoms with van der Waals surface area (Å²) in [6, 6.07) is 0. The van der Waals surface area contributed by atoms with Crippen LogP contribution in [0, 0.1) is 0 Å². The van der Waals surface area contributed by atoms with Gasteiger partial charge in [0.25, 0.3) is 0 Å². The van der Waals surface area contributed by atoms with Crippen molar-refractivity contribution < 1.29 is 15.0 Å². The summed E-state index contributed by atoms with van der Waals surface area (Å²) >= 11 is 2.22. The molecule has 0 unspecified atom stereocenters. The van der Waals surface area contributed by atoms with Crippen molar-refractivity contribution in [2.24, 2.45) is 0 Å². The number of rotatable bonds is 8. The number of hydrogen-bond donors (Lipinski definition) is 0. The fraction of sp³-hybridized carbons (Fsp3) is 1.00. The van der Waals surface area contributed by atoms with Gasteiger partial charge in [-0.3, -0.25) is 0 Å². The van der Waals surface area contributed by atoms with Gasteiger partial charge in [0, 0.05) is 0 Å². The number of hydrogen-bond acceptors (Lipinski definition) is 0. The van der Waals surface area contributed by atoms with Crippen molar-refractivity contribution >= 4 is 18.9 Å². The molecule has 0 amide bonds. The zero-order chi connectivity index (χ0) is 8.36. The summed E-state index contributed by atoms with van der Waals surface area (Å²) in [6.07, 6.45) is 8.38. The fourth-order valence-electron chi connectivity index (χ4n) is 0.877. The van der Waals surface area contributed by atoms with E-state index in [1.807, 2.05) is 0 Å². The maximum atomic E-state index is 2.26. The van der Waals surface area contributed by atoms with E-state index in [9.17, 15) is 0 Å². The molecule has 75 valence electrons. The van der Waals surface area contributed by atoms with Crippen molar-refractivity contribution in [3.8, 4) is 0 Å². The zero-order valence-electron chi connectivity index (χ0n) is 7.96. The van der Waals surface area contributed by atoms with Crippen molar-refractivity contribution in [1.82, 2.24) is 0 Å².